The van der Waals surface area contributed by atoms with Gasteiger partial charge in [-0.3, -0.25) is 4.98 Å². The summed E-state index contributed by atoms with van der Waals surface area (Å²) in [4.78, 5) is 4.64. The average molecular weight is 318 g/mol. The Labute approximate surface area is 128 Å². The third kappa shape index (κ3) is 2.62. The molecule has 0 unspecified atom stereocenters. The van der Waals surface area contributed by atoms with Crippen LogP contribution in [-0.2, 0) is 5.41 Å². The van der Waals surface area contributed by atoms with Gasteiger partial charge >= 0.3 is 0 Å². The van der Waals surface area contributed by atoms with E-state index >= 15 is 0 Å². The van der Waals surface area contributed by atoms with Crippen LogP contribution in [0, 0.1) is 0 Å². The molecule has 0 amide bonds. The lowest BCUT2D eigenvalue weighted by molar-refractivity contribution is 0.572. The van der Waals surface area contributed by atoms with Crippen molar-refractivity contribution in [1.29, 1.82) is 0 Å². The maximum atomic E-state index is 6.28. The number of fused-ring (bicyclic) bond motifs is 1. The second-order valence-electron chi connectivity index (χ2n) is 5.43. The van der Waals surface area contributed by atoms with Crippen LogP contribution >= 0.6 is 34.8 Å². The standard InChI is InChI=1S/C14H15Cl3N2/c1-14(2,3)10-6-9(18-4)11-12(17)7(15)5-8(16)13(11)19-10/h5-6H,1-4H3,(H,18,19). The zero-order valence-corrected chi connectivity index (χ0v) is 13.5. The first kappa shape index (κ1) is 14.7. The van der Waals surface area contributed by atoms with Crippen LogP contribution in [0.1, 0.15) is 26.5 Å². The summed E-state index contributed by atoms with van der Waals surface area (Å²) in [7, 11) is 1.84. The highest BCUT2D eigenvalue weighted by atomic mass is 35.5. The number of rotatable bonds is 1. The van der Waals surface area contributed by atoms with Crippen molar-refractivity contribution in [3.05, 3.63) is 32.9 Å². The van der Waals surface area contributed by atoms with Crippen molar-refractivity contribution in [3.63, 3.8) is 0 Å². The largest absolute Gasteiger partial charge is 0.387 e. The van der Waals surface area contributed by atoms with Crippen LogP contribution in [0.15, 0.2) is 12.1 Å². The summed E-state index contributed by atoms with van der Waals surface area (Å²) in [5, 5.41) is 5.30. The van der Waals surface area contributed by atoms with Crippen LogP contribution in [0.25, 0.3) is 10.9 Å². The Kier molecular flexibility index (Phi) is 3.87. The van der Waals surface area contributed by atoms with E-state index in [-0.39, 0.29) is 5.41 Å². The number of nitrogens with zero attached hydrogens (tertiary/aromatic N) is 1. The predicted molar refractivity (Wildman–Crippen MR) is 85.0 cm³/mol. The van der Waals surface area contributed by atoms with Gasteiger partial charge in [0, 0.05) is 29.2 Å². The molecule has 0 aliphatic rings. The fourth-order valence-electron chi connectivity index (χ4n) is 1.88. The number of halogens is 3. The van der Waals surface area contributed by atoms with Gasteiger partial charge in [-0.15, -0.1) is 0 Å². The molecule has 0 atom stereocenters. The molecule has 0 spiro atoms. The second kappa shape index (κ2) is 5.01. The number of hydrogen-bond donors (Lipinski definition) is 1. The number of aromatic nitrogens is 1. The summed E-state index contributed by atoms with van der Waals surface area (Å²) in [5.41, 5.74) is 2.43. The fourth-order valence-corrected chi connectivity index (χ4v) is 2.64. The van der Waals surface area contributed by atoms with E-state index in [4.69, 9.17) is 34.8 Å². The molecule has 19 heavy (non-hydrogen) atoms. The number of hydrogen-bond acceptors (Lipinski definition) is 2. The van der Waals surface area contributed by atoms with Gasteiger partial charge in [0.2, 0.25) is 0 Å². The number of anilines is 1. The smallest absolute Gasteiger partial charge is 0.0928 e. The Morgan fingerprint density at radius 1 is 1.05 bits per heavy atom. The Hall–Kier alpha value is -0.700. The summed E-state index contributed by atoms with van der Waals surface area (Å²) in [6.45, 7) is 6.31. The maximum absolute atomic E-state index is 6.28. The highest BCUT2D eigenvalue weighted by Crippen LogP contribution is 2.40. The van der Waals surface area contributed by atoms with E-state index in [0.29, 0.717) is 20.6 Å². The molecule has 2 nitrogen and oxygen atoms in total. The predicted octanol–water partition coefficient (Wildman–Crippen LogP) is 5.53. The summed E-state index contributed by atoms with van der Waals surface area (Å²) in [6.07, 6.45) is 0. The van der Waals surface area contributed by atoms with E-state index in [0.717, 1.165) is 16.8 Å². The van der Waals surface area contributed by atoms with Gasteiger partial charge in [-0.05, 0) is 12.1 Å². The lowest BCUT2D eigenvalue weighted by atomic mass is 9.90. The minimum atomic E-state index is -0.0742. The summed E-state index contributed by atoms with van der Waals surface area (Å²) >= 11 is 18.6. The first-order valence-corrected chi connectivity index (χ1v) is 7.05. The van der Waals surface area contributed by atoms with Gasteiger partial charge in [-0.25, -0.2) is 0 Å². The highest BCUT2D eigenvalue weighted by molar-refractivity contribution is 6.48. The monoisotopic (exact) mass is 316 g/mol. The molecule has 0 saturated carbocycles. The molecule has 102 valence electrons. The normalized spacial score (nSPS) is 11.9. The lowest BCUT2D eigenvalue weighted by Gasteiger charge is -2.21. The molecule has 1 N–H and O–H groups in total. The Bertz CT molecular complexity index is 645. The van der Waals surface area contributed by atoms with Gasteiger partial charge in [0.15, 0.2) is 0 Å². The van der Waals surface area contributed by atoms with E-state index in [1.807, 2.05) is 13.1 Å². The second-order valence-corrected chi connectivity index (χ2v) is 6.63. The third-order valence-corrected chi connectivity index (χ3v) is 4.04. The molecular formula is C14H15Cl3N2. The number of benzene rings is 1. The summed E-state index contributed by atoms with van der Waals surface area (Å²) in [5.74, 6) is 0. The van der Waals surface area contributed by atoms with Crippen molar-refractivity contribution >= 4 is 51.4 Å². The van der Waals surface area contributed by atoms with Crippen LogP contribution in [0.5, 0.6) is 0 Å². The topological polar surface area (TPSA) is 24.9 Å². The van der Waals surface area contributed by atoms with E-state index in [1.54, 1.807) is 6.07 Å². The first-order valence-electron chi connectivity index (χ1n) is 5.92. The summed E-state index contributed by atoms with van der Waals surface area (Å²) in [6, 6.07) is 3.62. The van der Waals surface area contributed by atoms with E-state index in [2.05, 4.69) is 31.1 Å². The minimum Gasteiger partial charge on any atom is -0.387 e. The summed E-state index contributed by atoms with van der Waals surface area (Å²) < 4.78 is 0. The zero-order chi connectivity index (χ0) is 14.4. The van der Waals surface area contributed by atoms with Crippen molar-refractivity contribution in [3.8, 4) is 0 Å². The molecule has 0 bridgehead atoms. The minimum absolute atomic E-state index is 0.0742. The molecule has 0 aliphatic heterocycles. The van der Waals surface area contributed by atoms with Gasteiger partial charge in [0.1, 0.15) is 0 Å². The zero-order valence-electron chi connectivity index (χ0n) is 11.2. The van der Waals surface area contributed by atoms with Crippen LogP contribution in [-0.4, -0.2) is 12.0 Å². The lowest BCUT2D eigenvalue weighted by Crippen LogP contribution is -2.14. The van der Waals surface area contributed by atoms with Crippen LogP contribution in [0.4, 0.5) is 5.69 Å². The van der Waals surface area contributed by atoms with Gasteiger partial charge in [-0.2, -0.15) is 0 Å². The van der Waals surface area contributed by atoms with Crippen LogP contribution < -0.4 is 5.32 Å². The molecular weight excluding hydrogens is 303 g/mol. The van der Waals surface area contributed by atoms with E-state index in [1.165, 1.54) is 0 Å². The Balaban J connectivity index is 2.93. The molecule has 0 aliphatic carbocycles. The van der Waals surface area contributed by atoms with Crippen LogP contribution in [0.2, 0.25) is 15.1 Å². The molecule has 2 rings (SSSR count). The molecule has 0 saturated heterocycles. The molecule has 2 aromatic rings. The maximum Gasteiger partial charge on any atom is 0.0928 e. The van der Waals surface area contributed by atoms with Crippen molar-refractivity contribution < 1.29 is 0 Å². The van der Waals surface area contributed by atoms with Crippen molar-refractivity contribution in [2.75, 3.05) is 12.4 Å². The van der Waals surface area contributed by atoms with Gasteiger partial charge in [0.25, 0.3) is 0 Å². The Morgan fingerprint density at radius 2 is 1.68 bits per heavy atom. The number of pyridine rings is 1. The molecule has 0 fully saturated rings. The third-order valence-electron chi connectivity index (χ3n) is 2.97. The van der Waals surface area contributed by atoms with Crippen molar-refractivity contribution in [2.24, 2.45) is 0 Å². The molecule has 1 aromatic carbocycles. The van der Waals surface area contributed by atoms with Crippen molar-refractivity contribution in [1.82, 2.24) is 4.98 Å². The first-order chi connectivity index (χ1) is 8.75. The van der Waals surface area contributed by atoms with Gasteiger partial charge < -0.3 is 5.32 Å². The van der Waals surface area contributed by atoms with Gasteiger partial charge in [-0.1, -0.05) is 55.6 Å². The molecule has 5 heteroatoms. The van der Waals surface area contributed by atoms with E-state index < -0.39 is 0 Å². The number of nitrogens with one attached hydrogen (secondary N) is 1. The average Bonchev–Trinajstić information content (AvgIpc) is 2.33. The quantitative estimate of drug-likeness (QED) is 0.699. The molecule has 1 aromatic heterocycles. The van der Waals surface area contributed by atoms with Crippen molar-refractivity contribution in [2.45, 2.75) is 26.2 Å². The Morgan fingerprint density at radius 3 is 2.21 bits per heavy atom. The van der Waals surface area contributed by atoms with Gasteiger partial charge in [0.05, 0.1) is 20.6 Å². The highest BCUT2D eigenvalue weighted by Gasteiger charge is 2.20. The molecule has 0 radical (unpaired) electrons. The SMILES string of the molecule is CNc1cc(C(C)(C)C)nc2c(Cl)cc(Cl)c(Cl)c12. The fraction of sp³-hybridized carbons (Fsp3) is 0.357. The molecule has 1 heterocycles. The van der Waals surface area contributed by atoms with Crippen LogP contribution in [0.3, 0.4) is 0 Å². The van der Waals surface area contributed by atoms with E-state index in [9.17, 15) is 0 Å².